The summed E-state index contributed by atoms with van der Waals surface area (Å²) in [5.74, 6) is -1.04. The number of halogens is 3. The van der Waals surface area contributed by atoms with Gasteiger partial charge in [-0.25, -0.2) is 19.4 Å². The van der Waals surface area contributed by atoms with Crippen LogP contribution >= 0.6 is 23.2 Å². The molecule has 1 amide bonds. The van der Waals surface area contributed by atoms with E-state index in [0.717, 1.165) is 0 Å². The lowest BCUT2D eigenvalue weighted by atomic mass is 9.90. The van der Waals surface area contributed by atoms with Crippen molar-refractivity contribution in [2.24, 2.45) is 10.7 Å². The van der Waals surface area contributed by atoms with Crippen molar-refractivity contribution in [2.75, 3.05) is 5.32 Å². The van der Waals surface area contributed by atoms with Gasteiger partial charge in [-0.3, -0.25) is 4.79 Å². The number of carbonyl (C=O) groups excluding carboxylic acids is 1. The Bertz CT molecular complexity index is 940. The van der Waals surface area contributed by atoms with Gasteiger partial charge in [0.2, 0.25) is 0 Å². The molecule has 27 heavy (non-hydrogen) atoms. The van der Waals surface area contributed by atoms with Gasteiger partial charge in [-0.2, -0.15) is 0 Å². The van der Waals surface area contributed by atoms with Crippen molar-refractivity contribution in [1.29, 1.82) is 0 Å². The third kappa shape index (κ3) is 4.12. The highest BCUT2D eigenvalue weighted by molar-refractivity contribution is 6.36. The average molecular weight is 412 g/mol. The highest BCUT2D eigenvalue weighted by atomic mass is 35.5. The van der Waals surface area contributed by atoms with Crippen LogP contribution < -0.4 is 11.1 Å². The van der Waals surface area contributed by atoms with Crippen molar-refractivity contribution in [1.82, 2.24) is 9.97 Å². The Kier molecular flexibility index (Phi) is 5.21. The predicted octanol–water partition coefficient (Wildman–Crippen LogP) is 3.51. The highest BCUT2D eigenvalue weighted by Gasteiger charge is 2.37. The number of hydrogen-bond donors (Lipinski definition) is 2. The van der Waals surface area contributed by atoms with E-state index < -0.39 is 17.3 Å². The minimum atomic E-state index is -1.03. The van der Waals surface area contributed by atoms with Crippen LogP contribution in [0.25, 0.3) is 0 Å². The zero-order valence-electron chi connectivity index (χ0n) is 14.5. The van der Waals surface area contributed by atoms with Crippen LogP contribution in [0.3, 0.4) is 0 Å². The molecule has 142 valence electrons. The molecule has 2 aromatic heterocycles. The number of hydrogen-bond acceptors (Lipinski definition) is 6. The minimum Gasteiger partial charge on any atom is -0.462 e. The number of amides is 1. The molecule has 7 nitrogen and oxygen atoms in total. The summed E-state index contributed by atoms with van der Waals surface area (Å²) in [4.78, 5) is 24.7. The van der Waals surface area contributed by atoms with Crippen molar-refractivity contribution in [3.63, 3.8) is 0 Å². The van der Waals surface area contributed by atoms with Crippen LogP contribution in [0.15, 0.2) is 29.4 Å². The summed E-state index contributed by atoms with van der Waals surface area (Å²) in [6.07, 6.45) is 1.41. The molecule has 1 aliphatic heterocycles. The maximum absolute atomic E-state index is 14.4. The van der Waals surface area contributed by atoms with Gasteiger partial charge in [0.05, 0.1) is 10.0 Å². The fourth-order valence-electron chi connectivity index (χ4n) is 2.92. The summed E-state index contributed by atoms with van der Waals surface area (Å²) in [6, 6.07) is 3.89. The molecule has 0 unspecified atom stereocenters. The largest absolute Gasteiger partial charge is 0.462 e. The molecule has 3 heterocycles. The van der Waals surface area contributed by atoms with Crippen LogP contribution in [-0.4, -0.2) is 28.0 Å². The van der Waals surface area contributed by atoms with Crippen LogP contribution in [0.2, 0.25) is 10.0 Å². The fraction of sp³-hybridized carbons (Fsp3) is 0.294. The van der Waals surface area contributed by atoms with Crippen molar-refractivity contribution < 1.29 is 13.9 Å². The Hall–Kier alpha value is -2.45. The molecule has 0 saturated carbocycles. The van der Waals surface area contributed by atoms with Gasteiger partial charge in [-0.15, -0.1) is 0 Å². The number of rotatable bonds is 3. The van der Waals surface area contributed by atoms with Crippen molar-refractivity contribution in [2.45, 2.75) is 31.9 Å². The Balaban J connectivity index is 1.92. The molecule has 10 heteroatoms. The number of ether oxygens (including phenoxy) is 1. The standard InChI is InChI=1S/C17H16Cl2FN5O2/c1-8-6-17(2,25-16(21)27-8)14-11(20)3-4-12(23-14)24-15(26)13-10(19)5-9(18)7-22-13/h3-5,7-8H,6H2,1-2H3,(H2,21,25)(H,23,24,26)/t8-,17-/m1/s1. The van der Waals surface area contributed by atoms with E-state index in [2.05, 4.69) is 20.3 Å². The van der Waals surface area contributed by atoms with E-state index in [1.807, 2.05) is 0 Å². The molecular formula is C17H16Cl2FN5O2. The van der Waals surface area contributed by atoms with E-state index in [1.165, 1.54) is 24.4 Å². The van der Waals surface area contributed by atoms with E-state index in [-0.39, 0.29) is 34.4 Å². The summed E-state index contributed by atoms with van der Waals surface area (Å²) < 4.78 is 19.7. The van der Waals surface area contributed by atoms with Crippen LogP contribution in [0.1, 0.15) is 36.5 Å². The molecule has 0 radical (unpaired) electrons. The van der Waals surface area contributed by atoms with Gasteiger partial charge < -0.3 is 15.8 Å². The van der Waals surface area contributed by atoms with Gasteiger partial charge in [0.25, 0.3) is 11.9 Å². The molecule has 0 aliphatic carbocycles. The number of aromatic nitrogens is 2. The predicted molar refractivity (Wildman–Crippen MR) is 101 cm³/mol. The summed E-state index contributed by atoms with van der Waals surface area (Å²) in [7, 11) is 0. The SMILES string of the molecule is C[C@@H]1C[C@](C)(c2nc(NC(=O)c3ncc(Cl)cc3Cl)ccc2F)N=C(N)O1. The quantitative estimate of drug-likeness (QED) is 0.803. The summed E-state index contributed by atoms with van der Waals surface area (Å²) in [5.41, 5.74) is 4.68. The second-order valence-corrected chi connectivity index (χ2v) is 7.17. The van der Waals surface area contributed by atoms with Gasteiger partial charge in [0.1, 0.15) is 34.7 Å². The Morgan fingerprint density at radius 1 is 1.44 bits per heavy atom. The van der Waals surface area contributed by atoms with E-state index in [9.17, 15) is 9.18 Å². The Morgan fingerprint density at radius 2 is 2.19 bits per heavy atom. The fourth-order valence-corrected chi connectivity index (χ4v) is 3.38. The molecule has 3 rings (SSSR count). The van der Waals surface area contributed by atoms with Crippen molar-refractivity contribution >= 4 is 40.9 Å². The molecule has 0 bridgehead atoms. The lowest BCUT2D eigenvalue weighted by molar-refractivity contribution is 0.102. The highest BCUT2D eigenvalue weighted by Crippen LogP contribution is 2.35. The smallest absolute Gasteiger partial charge is 0.283 e. The molecular weight excluding hydrogens is 396 g/mol. The molecule has 0 spiro atoms. The normalized spacial score (nSPS) is 22.0. The van der Waals surface area contributed by atoms with E-state index in [1.54, 1.807) is 13.8 Å². The van der Waals surface area contributed by atoms with Crippen molar-refractivity contribution in [3.8, 4) is 0 Å². The average Bonchev–Trinajstić information content (AvgIpc) is 2.55. The topological polar surface area (TPSA) is 102 Å². The van der Waals surface area contributed by atoms with Crippen LogP contribution in [-0.2, 0) is 10.3 Å². The van der Waals surface area contributed by atoms with Crippen LogP contribution in [0, 0.1) is 5.82 Å². The van der Waals surface area contributed by atoms with Gasteiger partial charge >= 0.3 is 0 Å². The number of carbonyl (C=O) groups is 1. The van der Waals surface area contributed by atoms with Crippen LogP contribution in [0.5, 0.6) is 0 Å². The molecule has 0 aromatic carbocycles. The molecule has 1 aliphatic rings. The number of nitrogens with two attached hydrogens (primary N) is 1. The van der Waals surface area contributed by atoms with E-state index >= 15 is 0 Å². The second kappa shape index (κ2) is 7.28. The molecule has 2 atom stereocenters. The minimum absolute atomic E-state index is 0.0260. The lowest BCUT2D eigenvalue weighted by Gasteiger charge is -2.33. The van der Waals surface area contributed by atoms with Crippen molar-refractivity contribution in [3.05, 3.63) is 51.6 Å². The summed E-state index contributed by atoms with van der Waals surface area (Å²) >= 11 is 11.8. The molecule has 0 fully saturated rings. The van der Waals surface area contributed by atoms with Gasteiger partial charge in [0, 0.05) is 12.6 Å². The van der Waals surface area contributed by atoms with E-state index in [4.69, 9.17) is 33.7 Å². The first kappa shape index (κ1) is 19.3. The zero-order valence-corrected chi connectivity index (χ0v) is 16.0. The molecule has 3 N–H and O–H groups in total. The summed E-state index contributed by atoms with van der Waals surface area (Å²) in [6.45, 7) is 3.50. The monoisotopic (exact) mass is 411 g/mol. The zero-order chi connectivity index (χ0) is 19.8. The Labute approximate surface area is 164 Å². The number of nitrogens with zero attached hydrogens (tertiary/aromatic N) is 3. The van der Waals surface area contributed by atoms with Gasteiger partial charge in [-0.05, 0) is 32.0 Å². The van der Waals surface area contributed by atoms with Crippen LogP contribution in [0.4, 0.5) is 10.2 Å². The van der Waals surface area contributed by atoms with Gasteiger partial charge in [-0.1, -0.05) is 23.2 Å². The molecule has 0 saturated heterocycles. The number of nitrogens with one attached hydrogen (secondary N) is 1. The maximum Gasteiger partial charge on any atom is 0.283 e. The number of pyridine rings is 2. The van der Waals surface area contributed by atoms with E-state index in [0.29, 0.717) is 11.4 Å². The maximum atomic E-state index is 14.4. The number of anilines is 1. The summed E-state index contributed by atoms with van der Waals surface area (Å²) in [5, 5.41) is 2.94. The number of amidine groups is 1. The Morgan fingerprint density at radius 3 is 2.85 bits per heavy atom. The first-order valence-electron chi connectivity index (χ1n) is 7.99. The second-order valence-electron chi connectivity index (χ2n) is 6.32. The lowest BCUT2D eigenvalue weighted by Crippen LogP contribution is -2.39. The third-order valence-electron chi connectivity index (χ3n) is 3.98. The first-order chi connectivity index (χ1) is 12.7. The number of aliphatic imine (C=N–C) groups is 1. The third-order valence-corrected chi connectivity index (χ3v) is 4.48. The van der Waals surface area contributed by atoms with Gasteiger partial charge in [0.15, 0.2) is 0 Å². The molecule has 2 aromatic rings. The first-order valence-corrected chi connectivity index (χ1v) is 8.75.